The number of alkyl halides is 1. The average molecular weight is 258 g/mol. The second-order valence-corrected chi connectivity index (χ2v) is 3.21. The number of carbonyl (C=O) groups excluding carboxylic acids is 1. The molecule has 1 aliphatic rings. The van der Waals surface area contributed by atoms with E-state index in [1.165, 1.54) is 0 Å². The first-order chi connectivity index (χ1) is 4.13. The van der Waals surface area contributed by atoms with Gasteiger partial charge < -0.3 is 9.84 Å². The summed E-state index contributed by atoms with van der Waals surface area (Å²) in [6, 6.07) is 0. The first-order valence-corrected chi connectivity index (χ1v) is 3.78. The SMILES string of the molecule is O=C1OC(O)=C(Br)C1Br. The smallest absolute Gasteiger partial charge is 0.332 e. The number of rotatable bonds is 0. The maximum atomic E-state index is 10.5. The molecule has 0 radical (unpaired) electrons. The number of cyclic esters (lactones) is 1. The zero-order chi connectivity index (χ0) is 7.02. The van der Waals surface area contributed by atoms with Gasteiger partial charge in [-0.05, 0) is 15.9 Å². The Morgan fingerprint density at radius 2 is 2.22 bits per heavy atom. The number of ether oxygens (including phenoxy) is 1. The van der Waals surface area contributed by atoms with E-state index in [9.17, 15) is 4.79 Å². The molecule has 0 bridgehead atoms. The monoisotopic (exact) mass is 256 g/mol. The van der Waals surface area contributed by atoms with E-state index >= 15 is 0 Å². The van der Waals surface area contributed by atoms with E-state index in [2.05, 4.69) is 36.6 Å². The van der Waals surface area contributed by atoms with Crippen LogP contribution in [-0.4, -0.2) is 15.9 Å². The Kier molecular flexibility index (Phi) is 1.81. The summed E-state index contributed by atoms with van der Waals surface area (Å²) in [6.07, 6.45) is 0. The summed E-state index contributed by atoms with van der Waals surface area (Å²) in [7, 11) is 0. The molecule has 50 valence electrons. The van der Waals surface area contributed by atoms with Gasteiger partial charge in [0.25, 0.3) is 5.95 Å². The highest BCUT2D eigenvalue weighted by atomic mass is 79.9. The molecule has 1 atom stereocenters. The fraction of sp³-hybridized carbons (Fsp3) is 0.250. The Hall–Kier alpha value is -0.0300. The molecule has 9 heavy (non-hydrogen) atoms. The third-order valence-corrected chi connectivity index (χ3v) is 3.07. The molecule has 0 aromatic rings. The van der Waals surface area contributed by atoms with Crippen molar-refractivity contribution >= 4 is 37.8 Å². The van der Waals surface area contributed by atoms with Gasteiger partial charge >= 0.3 is 5.97 Å². The van der Waals surface area contributed by atoms with Crippen LogP contribution in [0.4, 0.5) is 0 Å². The minimum atomic E-state index is -0.544. The normalized spacial score (nSPS) is 26.9. The molecule has 0 saturated carbocycles. The molecular weight excluding hydrogens is 256 g/mol. The van der Waals surface area contributed by atoms with Gasteiger partial charge in [0, 0.05) is 0 Å². The topological polar surface area (TPSA) is 46.5 Å². The van der Waals surface area contributed by atoms with E-state index in [0.717, 1.165) is 0 Å². The molecule has 0 saturated heterocycles. The highest BCUT2D eigenvalue weighted by Gasteiger charge is 2.32. The summed E-state index contributed by atoms with van der Waals surface area (Å²) >= 11 is 5.92. The third kappa shape index (κ3) is 1.11. The lowest BCUT2D eigenvalue weighted by Gasteiger charge is -1.89. The van der Waals surface area contributed by atoms with E-state index in [1.54, 1.807) is 0 Å². The molecule has 1 aliphatic heterocycles. The molecule has 0 spiro atoms. The molecule has 1 unspecified atom stereocenters. The van der Waals surface area contributed by atoms with Gasteiger partial charge in [-0.1, -0.05) is 15.9 Å². The minimum absolute atomic E-state index is 0.340. The Labute approximate surface area is 67.9 Å². The van der Waals surface area contributed by atoms with Crippen LogP contribution < -0.4 is 0 Å². The van der Waals surface area contributed by atoms with Gasteiger partial charge in [0.2, 0.25) is 0 Å². The first kappa shape index (κ1) is 7.08. The first-order valence-electron chi connectivity index (χ1n) is 2.07. The maximum absolute atomic E-state index is 10.5. The number of aliphatic hydroxyl groups excluding tert-OH is 1. The fourth-order valence-corrected chi connectivity index (χ4v) is 0.965. The van der Waals surface area contributed by atoms with Gasteiger partial charge in [-0.3, -0.25) is 0 Å². The van der Waals surface area contributed by atoms with Crippen molar-refractivity contribution < 1.29 is 14.6 Å². The maximum Gasteiger partial charge on any atom is 0.332 e. The summed E-state index contributed by atoms with van der Waals surface area (Å²) in [5, 5.41) is 8.70. The predicted molar refractivity (Wildman–Crippen MR) is 37.4 cm³/mol. The van der Waals surface area contributed by atoms with Crippen LogP contribution in [0, 0.1) is 0 Å². The fourth-order valence-electron chi connectivity index (χ4n) is 0.408. The van der Waals surface area contributed by atoms with Crippen LogP contribution in [0.2, 0.25) is 0 Å². The van der Waals surface area contributed by atoms with Crippen LogP contribution >= 0.6 is 31.9 Å². The van der Waals surface area contributed by atoms with Crippen LogP contribution in [0.15, 0.2) is 10.4 Å². The predicted octanol–water partition coefficient (Wildman–Crippen LogP) is 1.43. The number of aliphatic hydroxyl groups is 1. The van der Waals surface area contributed by atoms with E-state index in [1.807, 2.05) is 0 Å². The molecule has 1 rings (SSSR count). The Balaban J connectivity index is 2.87. The van der Waals surface area contributed by atoms with E-state index < -0.39 is 10.8 Å². The van der Waals surface area contributed by atoms with Crippen molar-refractivity contribution in [2.45, 2.75) is 4.83 Å². The Morgan fingerprint density at radius 3 is 2.33 bits per heavy atom. The second-order valence-electron chi connectivity index (χ2n) is 1.44. The van der Waals surface area contributed by atoms with Crippen LogP contribution in [0.3, 0.4) is 0 Å². The van der Waals surface area contributed by atoms with Crippen molar-refractivity contribution in [1.29, 1.82) is 0 Å². The van der Waals surface area contributed by atoms with Crippen molar-refractivity contribution in [3.8, 4) is 0 Å². The average Bonchev–Trinajstić information content (AvgIpc) is 1.98. The lowest BCUT2D eigenvalue weighted by molar-refractivity contribution is -0.138. The molecule has 0 fully saturated rings. The lowest BCUT2D eigenvalue weighted by Crippen LogP contribution is -2.07. The van der Waals surface area contributed by atoms with E-state index in [-0.39, 0.29) is 5.95 Å². The van der Waals surface area contributed by atoms with Crippen molar-refractivity contribution in [3.63, 3.8) is 0 Å². The van der Waals surface area contributed by atoms with Gasteiger partial charge in [-0.15, -0.1) is 0 Å². The summed E-state index contributed by atoms with van der Waals surface area (Å²) < 4.78 is 4.63. The van der Waals surface area contributed by atoms with E-state index in [0.29, 0.717) is 4.48 Å². The molecule has 5 heteroatoms. The van der Waals surface area contributed by atoms with Gasteiger partial charge in [-0.2, -0.15) is 0 Å². The molecule has 0 aromatic heterocycles. The van der Waals surface area contributed by atoms with Crippen LogP contribution in [-0.2, 0) is 9.53 Å². The highest BCUT2D eigenvalue weighted by molar-refractivity contribution is 9.14. The van der Waals surface area contributed by atoms with Crippen LogP contribution in [0.1, 0.15) is 0 Å². The number of carbonyl (C=O) groups is 1. The van der Waals surface area contributed by atoms with Gasteiger partial charge in [0.15, 0.2) is 4.83 Å². The number of halogens is 2. The van der Waals surface area contributed by atoms with Gasteiger partial charge in [0.1, 0.15) is 4.48 Å². The zero-order valence-electron chi connectivity index (χ0n) is 4.10. The molecular formula is C4H2Br2O3. The molecule has 0 aromatic carbocycles. The summed E-state index contributed by atoms with van der Waals surface area (Å²) in [6.45, 7) is 0. The van der Waals surface area contributed by atoms with Crippen molar-refractivity contribution in [2.24, 2.45) is 0 Å². The summed E-state index contributed by atoms with van der Waals surface area (Å²) in [5.74, 6) is -0.860. The van der Waals surface area contributed by atoms with E-state index in [4.69, 9.17) is 5.11 Å². The van der Waals surface area contributed by atoms with Crippen molar-refractivity contribution in [2.75, 3.05) is 0 Å². The molecule has 0 aliphatic carbocycles. The summed E-state index contributed by atoms with van der Waals surface area (Å²) in [5.41, 5.74) is 0. The van der Waals surface area contributed by atoms with Crippen LogP contribution in [0.25, 0.3) is 0 Å². The highest BCUT2D eigenvalue weighted by Crippen LogP contribution is 2.29. The summed E-state index contributed by atoms with van der Waals surface area (Å²) in [4.78, 5) is 9.95. The Bertz CT molecular complexity index is 186. The largest absolute Gasteiger partial charge is 0.480 e. The van der Waals surface area contributed by atoms with Crippen molar-refractivity contribution in [1.82, 2.24) is 0 Å². The lowest BCUT2D eigenvalue weighted by atomic mass is 10.5. The molecule has 1 heterocycles. The molecule has 3 nitrogen and oxygen atoms in total. The quantitative estimate of drug-likeness (QED) is 0.528. The molecule has 0 amide bonds. The van der Waals surface area contributed by atoms with Gasteiger partial charge in [0.05, 0.1) is 0 Å². The second kappa shape index (κ2) is 2.30. The number of esters is 1. The van der Waals surface area contributed by atoms with Gasteiger partial charge in [-0.25, -0.2) is 4.79 Å². The third-order valence-electron chi connectivity index (χ3n) is 0.831. The number of hydrogen-bond donors (Lipinski definition) is 1. The van der Waals surface area contributed by atoms with Crippen LogP contribution in [0.5, 0.6) is 0 Å². The van der Waals surface area contributed by atoms with Crippen molar-refractivity contribution in [3.05, 3.63) is 10.4 Å². The standard InChI is InChI=1S/C4H2Br2O3/c5-1-2(6)4(8)9-3(1)7/h1,8H. The zero-order valence-corrected chi connectivity index (χ0v) is 7.27. The Morgan fingerprint density at radius 1 is 1.67 bits per heavy atom. The molecule has 1 N–H and O–H groups in total. The number of hydrogen-bond acceptors (Lipinski definition) is 3. The minimum Gasteiger partial charge on any atom is -0.480 e.